The summed E-state index contributed by atoms with van der Waals surface area (Å²) in [5.74, 6) is -0.152. The molecular formula is C11H18N4OS. The summed E-state index contributed by atoms with van der Waals surface area (Å²) in [5, 5.41) is 9.44. The minimum absolute atomic E-state index is 0.124. The van der Waals surface area contributed by atoms with Crippen molar-refractivity contribution in [3.8, 4) is 0 Å². The zero-order chi connectivity index (χ0) is 13.1. The third-order valence-corrected chi connectivity index (χ3v) is 3.57. The van der Waals surface area contributed by atoms with E-state index in [1.165, 1.54) is 0 Å². The Morgan fingerprint density at radius 3 is 2.82 bits per heavy atom. The monoisotopic (exact) mass is 254 g/mol. The van der Waals surface area contributed by atoms with Crippen LogP contribution in [0.1, 0.15) is 38.8 Å². The summed E-state index contributed by atoms with van der Waals surface area (Å²) >= 11 is 4.96. The molecule has 5 nitrogen and oxygen atoms in total. The fourth-order valence-corrected chi connectivity index (χ4v) is 1.62. The highest BCUT2D eigenvalue weighted by Crippen LogP contribution is 2.23. The first kappa shape index (κ1) is 13.6. The Morgan fingerprint density at radius 1 is 1.76 bits per heavy atom. The summed E-state index contributed by atoms with van der Waals surface area (Å²) in [6.45, 7) is 5.53. The van der Waals surface area contributed by atoms with Gasteiger partial charge in [-0.2, -0.15) is 5.10 Å². The van der Waals surface area contributed by atoms with Crippen LogP contribution in [0.5, 0.6) is 0 Å². The van der Waals surface area contributed by atoms with E-state index in [-0.39, 0.29) is 16.9 Å². The molecule has 17 heavy (non-hydrogen) atoms. The minimum Gasteiger partial charge on any atom is -0.392 e. The molecule has 0 saturated heterocycles. The van der Waals surface area contributed by atoms with Gasteiger partial charge < -0.3 is 11.1 Å². The maximum absolute atomic E-state index is 12.1. The maximum Gasteiger partial charge on any atom is 0.233 e. The zero-order valence-corrected chi connectivity index (χ0v) is 11.1. The van der Waals surface area contributed by atoms with E-state index in [0.29, 0.717) is 6.42 Å². The molecule has 0 aliphatic rings. The Labute approximate surface area is 106 Å². The van der Waals surface area contributed by atoms with Gasteiger partial charge in [0.1, 0.15) is 0 Å². The lowest BCUT2D eigenvalue weighted by molar-refractivity contribution is -0.127. The first-order valence-electron chi connectivity index (χ1n) is 5.51. The van der Waals surface area contributed by atoms with Gasteiger partial charge >= 0.3 is 0 Å². The first-order chi connectivity index (χ1) is 7.91. The topological polar surface area (TPSA) is 83.8 Å². The van der Waals surface area contributed by atoms with Crippen LogP contribution in [0.4, 0.5) is 0 Å². The summed E-state index contributed by atoms with van der Waals surface area (Å²) in [6, 6.07) is -0.124. The van der Waals surface area contributed by atoms with E-state index >= 15 is 0 Å². The van der Waals surface area contributed by atoms with Gasteiger partial charge in [0.25, 0.3) is 0 Å². The van der Waals surface area contributed by atoms with E-state index in [2.05, 4.69) is 15.5 Å². The van der Waals surface area contributed by atoms with Crippen LogP contribution in [0.2, 0.25) is 0 Å². The van der Waals surface area contributed by atoms with E-state index in [1.807, 2.05) is 13.8 Å². The number of aromatic nitrogens is 2. The molecule has 0 aliphatic heterocycles. The number of thiocarbonyl (C=S) groups is 1. The number of nitrogens with two attached hydrogens (primary N) is 1. The molecule has 6 heteroatoms. The van der Waals surface area contributed by atoms with Gasteiger partial charge in [0, 0.05) is 11.8 Å². The second-order valence-electron chi connectivity index (χ2n) is 4.28. The fraction of sp³-hybridized carbons (Fsp3) is 0.545. The van der Waals surface area contributed by atoms with Gasteiger partial charge in [0.15, 0.2) is 0 Å². The molecule has 0 bridgehead atoms. The van der Waals surface area contributed by atoms with Gasteiger partial charge in [0.05, 0.1) is 22.6 Å². The molecule has 1 aromatic heterocycles. The van der Waals surface area contributed by atoms with Crippen LogP contribution in [0.25, 0.3) is 0 Å². The van der Waals surface area contributed by atoms with Crippen molar-refractivity contribution in [3.63, 3.8) is 0 Å². The Bertz CT molecular complexity index is 404. The van der Waals surface area contributed by atoms with Crippen molar-refractivity contribution in [1.82, 2.24) is 15.5 Å². The van der Waals surface area contributed by atoms with Gasteiger partial charge in [-0.1, -0.05) is 19.1 Å². The normalized spacial score (nSPS) is 15.9. The SMILES string of the molecule is CCC(C)(C(=O)NC(C)c1cn[nH]c1)C(N)=S. The van der Waals surface area contributed by atoms with E-state index in [9.17, 15) is 4.79 Å². The number of H-pyrrole nitrogens is 1. The van der Waals surface area contributed by atoms with Crippen LogP contribution >= 0.6 is 12.2 Å². The molecule has 0 aliphatic carbocycles. The highest BCUT2D eigenvalue weighted by atomic mass is 32.1. The largest absolute Gasteiger partial charge is 0.392 e. The lowest BCUT2D eigenvalue weighted by Crippen LogP contribution is -2.47. The van der Waals surface area contributed by atoms with E-state index in [0.717, 1.165) is 5.56 Å². The Kier molecular flexibility index (Phi) is 4.22. The van der Waals surface area contributed by atoms with Gasteiger partial charge in [-0.25, -0.2) is 0 Å². The summed E-state index contributed by atoms with van der Waals surface area (Å²) in [5.41, 5.74) is 5.75. The van der Waals surface area contributed by atoms with E-state index in [1.54, 1.807) is 19.3 Å². The van der Waals surface area contributed by atoms with Crippen LogP contribution in [0.15, 0.2) is 12.4 Å². The second-order valence-corrected chi connectivity index (χ2v) is 4.72. The third kappa shape index (κ3) is 2.82. The molecule has 0 spiro atoms. The predicted molar refractivity (Wildman–Crippen MR) is 70.3 cm³/mol. The molecule has 1 aromatic rings. The van der Waals surface area contributed by atoms with Crippen molar-refractivity contribution in [2.45, 2.75) is 33.2 Å². The number of nitrogens with one attached hydrogen (secondary N) is 2. The van der Waals surface area contributed by atoms with Gasteiger partial charge in [-0.05, 0) is 20.3 Å². The van der Waals surface area contributed by atoms with Crippen LogP contribution in [0, 0.1) is 5.41 Å². The molecule has 1 rings (SSSR count). The molecular weight excluding hydrogens is 236 g/mol. The number of carbonyl (C=O) groups excluding carboxylic acids is 1. The molecule has 0 saturated carbocycles. The highest BCUT2D eigenvalue weighted by Gasteiger charge is 2.35. The summed E-state index contributed by atoms with van der Waals surface area (Å²) in [6.07, 6.45) is 4.00. The van der Waals surface area contributed by atoms with Crippen molar-refractivity contribution in [2.24, 2.45) is 11.1 Å². The van der Waals surface area contributed by atoms with Crippen molar-refractivity contribution in [2.75, 3.05) is 0 Å². The molecule has 4 N–H and O–H groups in total. The van der Waals surface area contributed by atoms with Gasteiger partial charge in [-0.15, -0.1) is 0 Å². The fourth-order valence-electron chi connectivity index (χ4n) is 1.38. The number of hydrogen-bond donors (Lipinski definition) is 3. The second kappa shape index (κ2) is 5.27. The number of rotatable bonds is 5. The molecule has 2 unspecified atom stereocenters. The van der Waals surface area contributed by atoms with Crippen LogP contribution in [-0.4, -0.2) is 21.1 Å². The molecule has 2 atom stereocenters. The number of hydrogen-bond acceptors (Lipinski definition) is 3. The maximum atomic E-state index is 12.1. The number of amides is 1. The smallest absolute Gasteiger partial charge is 0.233 e. The average molecular weight is 254 g/mol. The van der Waals surface area contributed by atoms with E-state index < -0.39 is 5.41 Å². The number of nitrogens with zero attached hydrogens (tertiary/aromatic N) is 1. The summed E-state index contributed by atoms with van der Waals surface area (Å²) in [4.78, 5) is 12.4. The van der Waals surface area contributed by atoms with Crippen LogP contribution < -0.4 is 11.1 Å². The Balaban J connectivity index is 2.75. The van der Waals surface area contributed by atoms with E-state index in [4.69, 9.17) is 18.0 Å². The van der Waals surface area contributed by atoms with Crippen molar-refractivity contribution < 1.29 is 4.79 Å². The van der Waals surface area contributed by atoms with Crippen LogP contribution in [-0.2, 0) is 4.79 Å². The standard InChI is InChI=1S/C11H18N4OS/c1-4-11(3,9(12)17)10(16)15-7(2)8-5-13-14-6-8/h5-7H,4H2,1-3H3,(H2,12,17)(H,13,14)(H,15,16). The lowest BCUT2D eigenvalue weighted by Gasteiger charge is -2.27. The van der Waals surface area contributed by atoms with Crippen molar-refractivity contribution >= 4 is 23.1 Å². The molecule has 0 fully saturated rings. The lowest BCUT2D eigenvalue weighted by atomic mass is 9.86. The highest BCUT2D eigenvalue weighted by molar-refractivity contribution is 7.80. The minimum atomic E-state index is -0.798. The Hall–Kier alpha value is -1.43. The van der Waals surface area contributed by atoms with Crippen LogP contribution in [0.3, 0.4) is 0 Å². The zero-order valence-electron chi connectivity index (χ0n) is 10.3. The summed E-state index contributed by atoms with van der Waals surface area (Å²) < 4.78 is 0. The van der Waals surface area contributed by atoms with Crippen molar-refractivity contribution in [1.29, 1.82) is 0 Å². The number of carbonyl (C=O) groups is 1. The molecule has 1 heterocycles. The van der Waals surface area contributed by atoms with Crippen molar-refractivity contribution in [3.05, 3.63) is 18.0 Å². The molecule has 0 radical (unpaired) electrons. The Morgan fingerprint density at radius 2 is 2.41 bits per heavy atom. The molecule has 0 aromatic carbocycles. The van der Waals surface area contributed by atoms with Gasteiger partial charge in [0.2, 0.25) is 5.91 Å². The van der Waals surface area contributed by atoms with Gasteiger partial charge in [-0.3, -0.25) is 9.89 Å². The molecule has 94 valence electrons. The quantitative estimate of drug-likeness (QED) is 0.691. The first-order valence-corrected chi connectivity index (χ1v) is 5.92. The molecule has 1 amide bonds. The summed E-state index contributed by atoms with van der Waals surface area (Å²) in [7, 11) is 0. The predicted octanol–water partition coefficient (Wildman–Crippen LogP) is 1.29. The number of aromatic amines is 1. The average Bonchev–Trinajstić information content (AvgIpc) is 2.80. The third-order valence-electron chi connectivity index (χ3n) is 3.12.